The van der Waals surface area contributed by atoms with Gasteiger partial charge in [0.1, 0.15) is 6.54 Å². The Morgan fingerprint density at radius 1 is 1.32 bits per heavy atom. The molecule has 1 unspecified atom stereocenters. The van der Waals surface area contributed by atoms with E-state index in [-0.39, 0.29) is 12.3 Å². The van der Waals surface area contributed by atoms with Crippen molar-refractivity contribution in [3.8, 4) is 0 Å². The van der Waals surface area contributed by atoms with E-state index in [9.17, 15) is 18.0 Å². The second-order valence-corrected chi connectivity index (χ2v) is 4.64. The Balaban J connectivity index is 2.59. The Morgan fingerprint density at radius 3 is 2.32 bits per heavy atom. The molecule has 0 spiro atoms. The average Bonchev–Trinajstić information content (AvgIpc) is 2.27. The van der Waals surface area contributed by atoms with Crippen LogP contribution in [-0.4, -0.2) is 30.6 Å². The number of amides is 1. The normalized spacial score (nSPS) is 13.1. The topological polar surface area (TPSA) is 46.3 Å². The molecule has 0 aromatic heterocycles. The lowest BCUT2D eigenvalue weighted by Gasteiger charge is -2.21. The highest BCUT2D eigenvalue weighted by Gasteiger charge is 2.31. The van der Waals surface area contributed by atoms with Crippen molar-refractivity contribution in [1.82, 2.24) is 4.90 Å². The van der Waals surface area contributed by atoms with E-state index >= 15 is 0 Å². The third-order valence-corrected chi connectivity index (χ3v) is 2.83. The van der Waals surface area contributed by atoms with Crippen molar-refractivity contribution < 1.29 is 18.0 Å². The van der Waals surface area contributed by atoms with E-state index in [0.29, 0.717) is 10.6 Å². The fraction of sp³-hybridized carbons (Fsp3) is 0.462. The lowest BCUT2D eigenvalue weighted by atomic mass is 9.97. The third kappa shape index (κ3) is 5.19. The van der Waals surface area contributed by atoms with Crippen molar-refractivity contribution in [1.29, 1.82) is 0 Å². The van der Waals surface area contributed by atoms with Crippen LogP contribution in [0.2, 0.25) is 0 Å². The van der Waals surface area contributed by atoms with Crippen LogP contribution >= 0.6 is 0 Å². The first-order chi connectivity index (χ1) is 8.69. The van der Waals surface area contributed by atoms with Crippen LogP contribution in [0.25, 0.3) is 0 Å². The molecule has 1 aromatic carbocycles. The summed E-state index contributed by atoms with van der Waals surface area (Å²) in [7, 11) is 1.16. The molecule has 0 aliphatic rings. The van der Waals surface area contributed by atoms with Gasteiger partial charge in [0.25, 0.3) is 0 Å². The first kappa shape index (κ1) is 15.3. The molecule has 0 fully saturated rings. The molecular formula is C13H17F3N2O. The van der Waals surface area contributed by atoms with Gasteiger partial charge in [0, 0.05) is 19.2 Å². The number of nitrogens with zero attached hydrogens (tertiary/aromatic N) is 1. The summed E-state index contributed by atoms with van der Waals surface area (Å²) in [5.74, 6) is -0.676. The predicted octanol–water partition coefficient (Wildman–Crippen LogP) is 2.78. The Morgan fingerprint density at radius 2 is 1.84 bits per heavy atom. The van der Waals surface area contributed by atoms with E-state index in [2.05, 4.69) is 0 Å². The Hall–Kier alpha value is -1.72. The quantitative estimate of drug-likeness (QED) is 0.858. The molecule has 106 valence electrons. The first-order valence-corrected chi connectivity index (χ1v) is 5.85. The van der Waals surface area contributed by atoms with Crippen LogP contribution in [0.3, 0.4) is 0 Å². The summed E-state index contributed by atoms with van der Waals surface area (Å²) in [6, 6.07) is 6.96. The van der Waals surface area contributed by atoms with Crippen molar-refractivity contribution in [2.24, 2.45) is 0 Å². The van der Waals surface area contributed by atoms with Crippen molar-refractivity contribution >= 4 is 11.6 Å². The van der Waals surface area contributed by atoms with E-state index in [0.717, 1.165) is 12.6 Å². The van der Waals surface area contributed by atoms with Crippen LogP contribution in [0.5, 0.6) is 0 Å². The van der Waals surface area contributed by atoms with Crippen LogP contribution in [0, 0.1) is 0 Å². The standard InChI is InChI=1S/C13H17F3N2O/c1-9(10-3-5-11(17)6-4-10)7-12(19)18(2)8-13(14,15)16/h3-6,9H,7-8,17H2,1-2H3. The van der Waals surface area contributed by atoms with Gasteiger partial charge in [-0.05, 0) is 23.6 Å². The van der Waals surface area contributed by atoms with Gasteiger partial charge in [0.15, 0.2) is 0 Å². The van der Waals surface area contributed by atoms with Gasteiger partial charge in [0.05, 0.1) is 0 Å². The van der Waals surface area contributed by atoms with E-state index in [1.165, 1.54) is 0 Å². The molecule has 0 heterocycles. The fourth-order valence-electron chi connectivity index (χ4n) is 1.72. The molecule has 1 aromatic rings. The Bertz CT molecular complexity index is 429. The van der Waals surface area contributed by atoms with Crippen LogP contribution in [0.4, 0.5) is 18.9 Å². The van der Waals surface area contributed by atoms with Gasteiger partial charge in [-0.2, -0.15) is 13.2 Å². The summed E-state index contributed by atoms with van der Waals surface area (Å²) in [5, 5.41) is 0. The summed E-state index contributed by atoms with van der Waals surface area (Å²) in [6.45, 7) is 0.575. The van der Waals surface area contributed by atoms with Crippen LogP contribution in [-0.2, 0) is 4.79 Å². The van der Waals surface area contributed by atoms with Gasteiger partial charge in [-0.25, -0.2) is 0 Å². The number of hydrogen-bond donors (Lipinski definition) is 1. The number of hydrogen-bond acceptors (Lipinski definition) is 2. The van der Waals surface area contributed by atoms with Crippen molar-refractivity contribution in [2.75, 3.05) is 19.3 Å². The average molecular weight is 274 g/mol. The minimum absolute atomic E-state index is 0.0382. The molecule has 2 N–H and O–H groups in total. The molecule has 0 radical (unpaired) electrons. The molecular weight excluding hydrogens is 257 g/mol. The van der Waals surface area contributed by atoms with E-state index in [4.69, 9.17) is 5.73 Å². The molecule has 3 nitrogen and oxygen atoms in total. The molecule has 0 aliphatic carbocycles. The highest BCUT2D eigenvalue weighted by Crippen LogP contribution is 2.22. The predicted molar refractivity (Wildman–Crippen MR) is 67.6 cm³/mol. The zero-order valence-corrected chi connectivity index (χ0v) is 10.9. The van der Waals surface area contributed by atoms with Crippen LogP contribution < -0.4 is 5.73 Å². The molecule has 1 atom stereocenters. The minimum atomic E-state index is -4.37. The maximum absolute atomic E-state index is 12.2. The number of nitrogen functional groups attached to an aromatic ring is 1. The highest BCUT2D eigenvalue weighted by atomic mass is 19.4. The van der Waals surface area contributed by atoms with E-state index in [1.807, 2.05) is 0 Å². The number of alkyl halides is 3. The molecule has 1 rings (SSSR count). The molecule has 0 bridgehead atoms. The van der Waals surface area contributed by atoms with Gasteiger partial charge < -0.3 is 10.6 Å². The first-order valence-electron chi connectivity index (χ1n) is 5.85. The monoisotopic (exact) mass is 274 g/mol. The molecule has 0 saturated heterocycles. The molecule has 6 heteroatoms. The lowest BCUT2D eigenvalue weighted by Crippen LogP contribution is -2.36. The Kier molecular flexibility index (Phi) is 4.80. The summed E-state index contributed by atoms with van der Waals surface area (Å²) >= 11 is 0. The Labute approximate surface area is 110 Å². The number of benzene rings is 1. The largest absolute Gasteiger partial charge is 0.406 e. The molecule has 0 aliphatic heterocycles. The smallest absolute Gasteiger partial charge is 0.399 e. The van der Waals surface area contributed by atoms with Gasteiger partial charge in [-0.1, -0.05) is 19.1 Å². The van der Waals surface area contributed by atoms with Gasteiger partial charge in [-0.15, -0.1) is 0 Å². The minimum Gasteiger partial charge on any atom is -0.399 e. The zero-order valence-electron chi connectivity index (χ0n) is 10.9. The highest BCUT2D eigenvalue weighted by molar-refractivity contribution is 5.76. The molecule has 1 amide bonds. The second-order valence-electron chi connectivity index (χ2n) is 4.64. The molecule has 0 saturated carbocycles. The zero-order chi connectivity index (χ0) is 14.6. The number of anilines is 1. The number of carbonyl (C=O) groups is 1. The summed E-state index contributed by atoms with van der Waals surface area (Å²) in [6.07, 6.45) is -4.33. The summed E-state index contributed by atoms with van der Waals surface area (Å²) in [4.78, 5) is 12.4. The number of rotatable bonds is 4. The molecule has 19 heavy (non-hydrogen) atoms. The van der Waals surface area contributed by atoms with E-state index in [1.54, 1.807) is 31.2 Å². The maximum atomic E-state index is 12.2. The van der Waals surface area contributed by atoms with Crippen molar-refractivity contribution in [2.45, 2.75) is 25.4 Å². The fourth-order valence-corrected chi connectivity index (χ4v) is 1.72. The maximum Gasteiger partial charge on any atom is 0.406 e. The van der Waals surface area contributed by atoms with E-state index < -0.39 is 18.6 Å². The third-order valence-electron chi connectivity index (χ3n) is 2.83. The van der Waals surface area contributed by atoms with Crippen molar-refractivity contribution in [3.05, 3.63) is 29.8 Å². The van der Waals surface area contributed by atoms with Gasteiger partial charge in [-0.3, -0.25) is 4.79 Å². The van der Waals surface area contributed by atoms with Gasteiger partial charge >= 0.3 is 6.18 Å². The lowest BCUT2D eigenvalue weighted by molar-refractivity contribution is -0.158. The number of carbonyl (C=O) groups excluding carboxylic acids is 1. The SMILES string of the molecule is CC(CC(=O)N(C)CC(F)(F)F)c1ccc(N)cc1. The van der Waals surface area contributed by atoms with Crippen LogP contribution in [0.1, 0.15) is 24.8 Å². The van der Waals surface area contributed by atoms with Gasteiger partial charge in [0.2, 0.25) is 5.91 Å². The van der Waals surface area contributed by atoms with Crippen LogP contribution in [0.15, 0.2) is 24.3 Å². The number of nitrogens with two attached hydrogens (primary N) is 1. The number of halogens is 3. The summed E-state index contributed by atoms with van der Waals surface area (Å²) in [5.41, 5.74) is 7.03. The second kappa shape index (κ2) is 5.95. The van der Waals surface area contributed by atoms with Crippen molar-refractivity contribution in [3.63, 3.8) is 0 Å². The summed E-state index contributed by atoms with van der Waals surface area (Å²) < 4.78 is 36.5.